The van der Waals surface area contributed by atoms with Gasteiger partial charge in [0.2, 0.25) is 5.91 Å². The number of amides is 1. The van der Waals surface area contributed by atoms with Crippen molar-refractivity contribution < 1.29 is 9.53 Å². The van der Waals surface area contributed by atoms with E-state index in [1.165, 1.54) is 18.5 Å². The van der Waals surface area contributed by atoms with Gasteiger partial charge in [0.1, 0.15) is 5.82 Å². The summed E-state index contributed by atoms with van der Waals surface area (Å²) in [5.74, 6) is 2.22. The van der Waals surface area contributed by atoms with Crippen LogP contribution in [-0.4, -0.2) is 47.2 Å². The van der Waals surface area contributed by atoms with Gasteiger partial charge in [-0.15, -0.1) is 0 Å². The number of likely N-dealkylation sites (tertiary alicyclic amines) is 1. The summed E-state index contributed by atoms with van der Waals surface area (Å²) < 4.78 is 7.48. The fourth-order valence-corrected chi connectivity index (χ4v) is 4.07. The number of rotatable bonds is 6. The predicted molar refractivity (Wildman–Crippen MR) is 89.4 cm³/mol. The fourth-order valence-electron chi connectivity index (χ4n) is 4.07. The average molecular weight is 319 g/mol. The maximum atomic E-state index is 12.6. The van der Waals surface area contributed by atoms with Crippen LogP contribution in [-0.2, 0) is 16.1 Å². The van der Waals surface area contributed by atoms with Crippen LogP contribution in [0.1, 0.15) is 56.0 Å². The van der Waals surface area contributed by atoms with Crippen molar-refractivity contribution in [2.45, 2.75) is 57.9 Å². The number of ether oxygens (including phenoxy) is 1. The van der Waals surface area contributed by atoms with Crippen molar-refractivity contribution in [3.63, 3.8) is 0 Å². The van der Waals surface area contributed by atoms with E-state index in [4.69, 9.17) is 4.74 Å². The van der Waals surface area contributed by atoms with E-state index < -0.39 is 0 Å². The first kappa shape index (κ1) is 16.5. The molecule has 1 saturated carbocycles. The van der Waals surface area contributed by atoms with Crippen LogP contribution in [0, 0.1) is 12.8 Å². The molecule has 2 fully saturated rings. The third-order valence-corrected chi connectivity index (χ3v) is 5.39. The molecule has 0 N–H and O–H groups in total. The van der Waals surface area contributed by atoms with Crippen LogP contribution in [0.2, 0.25) is 0 Å². The van der Waals surface area contributed by atoms with Crippen molar-refractivity contribution >= 4 is 5.91 Å². The molecule has 1 saturated heterocycles. The summed E-state index contributed by atoms with van der Waals surface area (Å²) in [6, 6.07) is 0. The zero-order chi connectivity index (χ0) is 16.2. The Kier molecular flexibility index (Phi) is 5.36. The highest BCUT2D eigenvalue weighted by molar-refractivity contribution is 5.79. The number of imidazole rings is 1. The van der Waals surface area contributed by atoms with Crippen LogP contribution < -0.4 is 0 Å². The van der Waals surface area contributed by atoms with Crippen LogP contribution >= 0.6 is 0 Å². The molecule has 1 aliphatic heterocycles. The topological polar surface area (TPSA) is 47.4 Å². The standard InChI is InChI=1S/C18H29N3O2/c1-14-12-19-17(21(14)9-5-11-23-2)16-8-10-20(13-16)18(22)15-6-3-4-7-15/h12,15-16H,3-11,13H2,1-2H3. The van der Waals surface area contributed by atoms with Gasteiger partial charge < -0.3 is 14.2 Å². The van der Waals surface area contributed by atoms with E-state index in [1.54, 1.807) is 7.11 Å². The first-order valence-corrected chi connectivity index (χ1v) is 9.00. The average Bonchev–Trinajstić information content (AvgIpc) is 3.28. The van der Waals surface area contributed by atoms with Gasteiger partial charge in [-0.2, -0.15) is 0 Å². The van der Waals surface area contributed by atoms with E-state index in [-0.39, 0.29) is 5.92 Å². The van der Waals surface area contributed by atoms with Crippen LogP contribution in [0.5, 0.6) is 0 Å². The maximum Gasteiger partial charge on any atom is 0.225 e. The van der Waals surface area contributed by atoms with E-state index in [9.17, 15) is 4.79 Å². The molecule has 23 heavy (non-hydrogen) atoms. The molecule has 1 aromatic heterocycles. The van der Waals surface area contributed by atoms with Crippen LogP contribution in [0.3, 0.4) is 0 Å². The largest absolute Gasteiger partial charge is 0.385 e. The summed E-state index contributed by atoms with van der Waals surface area (Å²) in [7, 11) is 1.74. The van der Waals surface area contributed by atoms with E-state index in [0.29, 0.717) is 11.8 Å². The third kappa shape index (κ3) is 3.60. The van der Waals surface area contributed by atoms with Crippen molar-refractivity contribution in [1.29, 1.82) is 0 Å². The van der Waals surface area contributed by atoms with Gasteiger partial charge >= 0.3 is 0 Å². The minimum absolute atomic E-state index is 0.289. The third-order valence-electron chi connectivity index (χ3n) is 5.39. The van der Waals surface area contributed by atoms with E-state index in [0.717, 1.165) is 57.7 Å². The van der Waals surface area contributed by atoms with Gasteiger partial charge in [-0.05, 0) is 32.6 Å². The number of carbonyl (C=O) groups is 1. The van der Waals surface area contributed by atoms with Gasteiger partial charge in [0.05, 0.1) is 0 Å². The lowest BCUT2D eigenvalue weighted by atomic mass is 10.1. The Bertz CT molecular complexity index is 534. The zero-order valence-electron chi connectivity index (χ0n) is 14.5. The molecule has 0 spiro atoms. The molecule has 1 aromatic rings. The SMILES string of the molecule is COCCCn1c(C)cnc1C1CCN(C(=O)C2CCCC2)C1. The summed E-state index contributed by atoms with van der Waals surface area (Å²) in [5.41, 5.74) is 1.21. The molecule has 128 valence electrons. The van der Waals surface area contributed by atoms with Crippen molar-refractivity contribution in [2.24, 2.45) is 5.92 Å². The fraction of sp³-hybridized carbons (Fsp3) is 0.778. The molecular formula is C18H29N3O2. The Morgan fingerprint density at radius 2 is 2.13 bits per heavy atom. The summed E-state index contributed by atoms with van der Waals surface area (Å²) in [4.78, 5) is 19.3. The lowest BCUT2D eigenvalue weighted by molar-refractivity contribution is -0.134. The number of methoxy groups -OCH3 is 1. The summed E-state index contributed by atoms with van der Waals surface area (Å²) in [6.07, 6.45) is 8.62. The number of aryl methyl sites for hydroxylation is 1. The lowest BCUT2D eigenvalue weighted by Crippen LogP contribution is -2.33. The second kappa shape index (κ2) is 7.47. The minimum Gasteiger partial charge on any atom is -0.385 e. The molecular weight excluding hydrogens is 290 g/mol. The Hall–Kier alpha value is -1.36. The van der Waals surface area contributed by atoms with Crippen molar-refractivity contribution in [3.05, 3.63) is 17.7 Å². The molecule has 5 heteroatoms. The highest BCUT2D eigenvalue weighted by Crippen LogP contribution is 2.32. The summed E-state index contributed by atoms with van der Waals surface area (Å²) in [5, 5.41) is 0. The smallest absolute Gasteiger partial charge is 0.225 e. The maximum absolute atomic E-state index is 12.6. The number of carbonyl (C=O) groups excluding carboxylic acids is 1. The van der Waals surface area contributed by atoms with Crippen LogP contribution in [0.15, 0.2) is 6.20 Å². The monoisotopic (exact) mass is 319 g/mol. The van der Waals surface area contributed by atoms with Gasteiger partial charge in [0.15, 0.2) is 0 Å². The molecule has 1 unspecified atom stereocenters. The molecule has 1 atom stereocenters. The number of hydrogen-bond acceptors (Lipinski definition) is 3. The van der Waals surface area contributed by atoms with Crippen LogP contribution in [0.25, 0.3) is 0 Å². The van der Waals surface area contributed by atoms with Gasteiger partial charge in [-0.3, -0.25) is 4.79 Å². The molecule has 0 aromatic carbocycles. The van der Waals surface area contributed by atoms with Crippen molar-refractivity contribution in [2.75, 3.05) is 26.8 Å². The van der Waals surface area contributed by atoms with E-state index >= 15 is 0 Å². The number of nitrogens with zero attached hydrogens (tertiary/aromatic N) is 3. The second-order valence-electron chi connectivity index (χ2n) is 7.01. The first-order chi connectivity index (χ1) is 11.2. The van der Waals surface area contributed by atoms with Crippen LogP contribution in [0.4, 0.5) is 0 Å². The van der Waals surface area contributed by atoms with Gasteiger partial charge in [0, 0.05) is 57.1 Å². The van der Waals surface area contributed by atoms with Crippen molar-refractivity contribution in [1.82, 2.24) is 14.5 Å². The Morgan fingerprint density at radius 3 is 2.87 bits per heavy atom. The minimum atomic E-state index is 0.289. The molecule has 2 aliphatic rings. The number of hydrogen-bond donors (Lipinski definition) is 0. The number of aromatic nitrogens is 2. The molecule has 5 nitrogen and oxygen atoms in total. The lowest BCUT2D eigenvalue weighted by Gasteiger charge is -2.20. The van der Waals surface area contributed by atoms with Gasteiger partial charge in [0.25, 0.3) is 0 Å². The molecule has 2 heterocycles. The van der Waals surface area contributed by atoms with Gasteiger partial charge in [-0.25, -0.2) is 4.98 Å². The second-order valence-corrected chi connectivity index (χ2v) is 7.01. The molecule has 3 rings (SSSR count). The molecule has 0 radical (unpaired) electrons. The van der Waals surface area contributed by atoms with Gasteiger partial charge in [-0.1, -0.05) is 12.8 Å². The molecule has 1 aliphatic carbocycles. The molecule has 0 bridgehead atoms. The van der Waals surface area contributed by atoms with E-state index in [2.05, 4.69) is 21.4 Å². The summed E-state index contributed by atoms with van der Waals surface area (Å²) in [6.45, 7) is 5.57. The Labute approximate surface area is 139 Å². The van der Waals surface area contributed by atoms with E-state index in [1.807, 2.05) is 6.20 Å². The van der Waals surface area contributed by atoms with Crippen molar-refractivity contribution in [3.8, 4) is 0 Å². The Morgan fingerprint density at radius 1 is 1.35 bits per heavy atom. The Balaban J connectivity index is 1.63. The normalized spacial score (nSPS) is 22.2. The molecule has 1 amide bonds. The highest BCUT2D eigenvalue weighted by atomic mass is 16.5. The summed E-state index contributed by atoms with van der Waals surface area (Å²) >= 11 is 0. The first-order valence-electron chi connectivity index (χ1n) is 9.00. The quantitative estimate of drug-likeness (QED) is 0.758. The zero-order valence-corrected chi connectivity index (χ0v) is 14.5. The highest BCUT2D eigenvalue weighted by Gasteiger charge is 2.34. The predicted octanol–water partition coefficient (Wildman–Crippen LogP) is 2.73.